The number of imidazole rings is 1. The second-order valence-corrected chi connectivity index (χ2v) is 5.66. The minimum absolute atomic E-state index is 0.514. The monoisotopic (exact) mass is 273 g/mol. The molecule has 0 bridgehead atoms. The quantitative estimate of drug-likeness (QED) is 0.931. The van der Waals surface area contributed by atoms with Crippen LogP contribution in [0, 0.1) is 0 Å². The van der Waals surface area contributed by atoms with Crippen LogP contribution in [-0.2, 0) is 0 Å². The Balaban J connectivity index is 1.84. The molecule has 3 rings (SSSR count). The molecule has 1 aliphatic heterocycles. The first kappa shape index (κ1) is 13.4. The summed E-state index contributed by atoms with van der Waals surface area (Å²) >= 11 is 0. The van der Waals surface area contributed by atoms with Gasteiger partial charge in [-0.3, -0.25) is 9.25 Å². The van der Waals surface area contributed by atoms with E-state index in [2.05, 4.69) is 44.7 Å². The number of nitrogens with one attached hydrogen (secondary N) is 1. The van der Waals surface area contributed by atoms with Gasteiger partial charge in [0.15, 0.2) is 0 Å². The van der Waals surface area contributed by atoms with Crippen molar-refractivity contribution in [1.29, 1.82) is 0 Å². The molecule has 5 nitrogen and oxygen atoms in total. The first-order valence-electron chi connectivity index (χ1n) is 7.57. The van der Waals surface area contributed by atoms with E-state index in [9.17, 15) is 0 Å². The minimum Gasteiger partial charge on any atom is -0.317 e. The predicted molar refractivity (Wildman–Crippen MR) is 79.2 cm³/mol. The van der Waals surface area contributed by atoms with Crippen LogP contribution in [0.25, 0.3) is 5.69 Å². The summed E-state index contributed by atoms with van der Waals surface area (Å²) < 4.78 is 4.29. The maximum absolute atomic E-state index is 4.56. The topological polar surface area (TPSA) is 47.7 Å². The number of hydrogen-bond donors (Lipinski definition) is 1. The molecular formula is C15H23N5. The molecule has 3 heterocycles. The summed E-state index contributed by atoms with van der Waals surface area (Å²) in [5, 5.41) is 7.96. The molecule has 0 aliphatic carbocycles. The Kier molecular flexibility index (Phi) is 3.87. The molecule has 0 amide bonds. The number of aromatic nitrogens is 4. The summed E-state index contributed by atoms with van der Waals surface area (Å²) in [5.74, 6) is 0.514. The lowest BCUT2D eigenvalue weighted by atomic mass is 10.1. The highest BCUT2D eigenvalue weighted by Crippen LogP contribution is 2.23. The van der Waals surface area contributed by atoms with Gasteiger partial charge in [0.05, 0.1) is 24.3 Å². The van der Waals surface area contributed by atoms with Gasteiger partial charge in [-0.25, -0.2) is 4.98 Å². The fourth-order valence-electron chi connectivity index (χ4n) is 2.82. The number of hydrogen-bond acceptors (Lipinski definition) is 3. The van der Waals surface area contributed by atoms with Crippen LogP contribution in [0.3, 0.4) is 0 Å². The van der Waals surface area contributed by atoms with Crippen molar-refractivity contribution in [1.82, 2.24) is 24.6 Å². The second-order valence-electron chi connectivity index (χ2n) is 5.66. The molecule has 1 aliphatic rings. The Morgan fingerprint density at radius 3 is 2.90 bits per heavy atom. The zero-order valence-electron chi connectivity index (χ0n) is 12.3. The zero-order valence-corrected chi connectivity index (χ0v) is 12.3. The Morgan fingerprint density at radius 2 is 2.15 bits per heavy atom. The van der Waals surface area contributed by atoms with Crippen molar-refractivity contribution in [2.24, 2.45) is 0 Å². The smallest absolute Gasteiger partial charge is 0.0995 e. The molecule has 20 heavy (non-hydrogen) atoms. The standard InChI is InChI=1S/C15H23N5/c1-3-12(2)15-9-17-11-19(15)14-8-18-20(10-14)13-4-6-16-7-5-13/h8-13,16H,3-7H2,1-2H3. The largest absolute Gasteiger partial charge is 0.317 e. The fraction of sp³-hybridized carbons (Fsp3) is 0.600. The van der Waals surface area contributed by atoms with Crippen molar-refractivity contribution in [3.05, 3.63) is 30.6 Å². The minimum atomic E-state index is 0.514. The molecule has 0 spiro atoms. The highest BCUT2D eigenvalue weighted by atomic mass is 15.3. The van der Waals surface area contributed by atoms with E-state index in [0.29, 0.717) is 12.0 Å². The van der Waals surface area contributed by atoms with E-state index in [4.69, 9.17) is 0 Å². The van der Waals surface area contributed by atoms with Gasteiger partial charge in [-0.05, 0) is 38.3 Å². The molecule has 1 N–H and O–H groups in total. The third-order valence-electron chi connectivity index (χ3n) is 4.33. The van der Waals surface area contributed by atoms with Crippen LogP contribution in [-0.4, -0.2) is 32.4 Å². The van der Waals surface area contributed by atoms with E-state index in [1.165, 1.54) is 5.69 Å². The molecule has 108 valence electrons. The summed E-state index contributed by atoms with van der Waals surface area (Å²) in [5.41, 5.74) is 2.38. The average Bonchev–Trinajstić information content (AvgIpc) is 3.15. The van der Waals surface area contributed by atoms with Crippen molar-refractivity contribution in [3.63, 3.8) is 0 Å². The summed E-state index contributed by atoms with van der Waals surface area (Å²) in [6.07, 6.45) is 11.4. The summed E-state index contributed by atoms with van der Waals surface area (Å²) in [4.78, 5) is 4.31. The van der Waals surface area contributed by atoms with Gasteiger partial charge in [0.25, 0.3) is 0 Å². The van der Waals surface area contributed by atoms with Gasteiger partial charge >= 0.3 is 0 Å². The molecule has 1 atom stereocenters. The van der Waals surface area contributed by atoms with Crippen LogP contribution < -0.4 is 5.32 Å². The van der Waals surface area contributed by atoms with E-state index in [0.717, 1.165) is 38.0 Å². The highest BCUT2D eigenvalue weighted by molar-refractivity contribution is 5.29. The number of rotatable bonds is 4. The first-order chi connectivity index (χ1) is 9.79. The molecular weight excluding hydrogens is 250 g/mol. The fourth-order valence-corrected chi connectivity index (χ4v) is 2.82. The Labute approximate surface area is 120 Å². The van der Waals surface area contributed by atoms with Crippen LogP contribution in [0.2, 0.25) is 0 Å². The maximum atomic E-state index is 4.56. The molecule has 5 heteroatoms. The lowest BCUT2D eigenvalue weighted by molar-refractivity contribution is 0.343. The normalized spacial score (nSPS) is 18.3. The average molecular weight is 273 g/mol. The van der Waals surface area contributed by atoms with E-state index in [-0.39, 0.29) is 0 Å². The Morgan fingerprint density at radius 1 is 1.35 bits per heavy atom. The van der Waals surface area contributed by atoms with Crippen LogP contribution in [0.5, 0.6) is 0 Å². The van der Waals surface area contributed by atoms with Gasteiger partial charge in [-0.1, -0.05) is 13.8 Å². The highest BCUT2D eigenvalue weighted by Gasteiger charge is 2.17. The summed E-state index contributed by atoms with van der Waals surface area (Å²) in [7, 11) is 0. The van der Waals surface area contributed by atoms with Crippen molar-refractivity contribution in [3.8, 4) is 5.69 Å². The van der Waals surface area contributed by atoms with Gasteiger partial charge in [-0.2, -0.15) is 5.10 Å². The molecule has 1 unspecified atom stereocenters. The van der Waals surface area contributed by atoms with Crippen molar-refractivity contribution < 1.29 is 0 Å². The molecule has 0 saturated carbocycles. The van der Waals surface area contributed by atoms with Crippen LogP contribution in [0.15, 0.2) is 24.9 Å². The third kappa shape index (κ3) is 2.50. The summed E-state index contributed by atoms with van der Waals surface area (Å²) in [6, 6.07) is 0.528. The van der Waals surface area contributed by atoms with Crippen molar-refractivity contribution in [2.45, 2.75) is 45.1 Å². The predicted octanol–water partition coefficient (Wildman–Crippen LogP) is 2.51. The molecule has 1 saturated heterocycles. The van der Waals surface area contributed by atoms with E-state index in [1.54, 1.807) is 0 Å². The maximum Gasteiger partial charge on any atom is 0.0995 e. The molecule has 0 radical (unpaired) electrons. The van der Waals surface area contributed by atoms with Crippen LogP contribution in [0.1, 0.15) is 50.8 Å². The lowest BCUT2D eigenvalue weighted by Crippen LogP contribution is -2.29. The van der Waals surface area contributed by atoms with Gasteiger partial charge in [-0.15, -0.1) is 0 Å². The Bertz CT molecular complexity index is 550. The van der Waals surface area contributed by atoms with E-state index in [1.807, 2.05) is 18.7 Å². The molecule has 2 aromatic rings. The number of piperidine rings is 1. The van der Waals surface area contributed by atoms with Gasteiger partial charge in [0.1, 0.15) is 0 Å². The van der Waals surface area contributed by atoms with Crippen LogP contribution in [0.4, 0.5) is 0 Å². The molecule has 0 aromatic carbocycles. The third-order valence-corrected chi connectivity index (χ3v) is 4.33. The molecule has 1 fully saturated rings. The number of nitrogens with zero attached hydrogens (tertiary/aromatic N) is 4. The van der Waals surface area contributed by atoms with E-state index >= 15 is 0 Å². The van der Waals surface area contributed by atoms with Gasteiger partial charge in [0, 0.05) is 18.1 Å². The SMILES string of the molecule is CCC(C)c1cncn1-c1cnn(C2CCNCC2)c1. The van der Waals surface area contributed by atoms with E-state index < -0.39 is 0 Å². The zero-order chi connectivity index (χ0) is 13.9. The van der Waals surface area contributed by atoms with Crippen molar-refractivity contribution >= 4 is 0 Å². The second kappa shape index (κ2) is 5.79. The first-order valence-corrected chi connectivity index (χ1v) is 7.57. The molecule has 2 aromatic heterocycles. The Hall–Kier alpha value is -1.62. The van der Waals surface area contributed by atoms with Crippen LogP contribution >= 0.6 is 0 Å². The lowest BCUT2D eigenvalue weighted by Gasteiger charge is -2.22. The van der Waals surface area contributed by atoms with Gasteiger partial charge in [0.2, 0.25) is 0 Å². The van der Waals surface area contributed by atoms with Gasteiger partial charge < -0.3 is 5.32 Å². The van der Waals surface area contributed by atoms with Crippen molar-refractivity contribution in [2.75, 3.05) is 13.1 Å². The summed E-state index contributed by atoms with van der Waals surface area (Å²) in [6.45, 7) is 6.62.